The molecule has 0 aliphatic carbocycles. The summed E-state index contributed by atoms with van der Waals surface area (Å²) in [6, 6.07) is 3.25. The molecule has 2 saturated heterocycles. The highest BCUT2D eigenvalue weighted by Crippen LogP contribution is 2.44. The van der Waals surface area contributed by atoms with Crippen LogP contribution in [0.3, 0.4) is 0 Å². The lowest BCUT2D eigenvalue weighted by atomic mass is 9.79. The summed E-state index contributed by atoms with van der Waals surface area (Å²) in [6.45, 7) is 3.30. The largest absolute Gasteiger partial charge is 0.416 e. The summed E-state index contributed by atoms with van der Waals surface area (Å²) in [5.41, 5.74) is -2.26. The van der Waals surface area contributed by atoms with Gasteiger partial charge in [0.1, 0.15) is 5.82 Å². The van der Waals surface area contributed by atoms with Gasteiger partial charge in [0.25, 0.3) is 0 Å². The van der Waals surface area contributed by atoms with Crippen molar-refractivity contribution >= 4 is 6.03 Å². The molecule has 1 spiro atoms. The number of hydrogen-bond acceptors (Lipinski definition) is 3. The number of likely N-dealkylation sites (tertiary alicyclic amines) is 1. The summed E-state index contributed by atoms with van der Waals surface area (Å²) in [5, 5.41) is 13.1. The number of rotatable bonds is 4. The van der Waals surface area contributed by atoms with Crippen molar-refractivity contribution in [2.45, 2.75) is 75.5 Å². The molecule has 2 N–H and O–H groups in total. The van der Waals surface area contributed by atoms with Crippen LogP contribution in [0.1, 0.15) is 72.5 Å². The highest BCUT2D eigenvalue weighted by molar-refractivity contribution is 5.75. The lowest BCUT2D eigenvalue weighted by Crippen LogP contribution is -2.56. The molecule has 2 aliphatic rings. The third kappa shape index (κ3) is 6.07. The summed E-state index contributed by atoms with van der Waals surface area (Å²) in [5.74, 6) is -0.445. The normalized spacial score (nSPS) is 24.4. The van der Waals surface area contributed by atoms with Crippen LogP contribution in [-0.4, -0.2) is 52.7 Å². The van der Waals surface area contributed by atoms with Crippen molar-refractivity contribution < 1.29 is 40.6 Å². The van der Waals surface area contributed by atoms with E-state index < -0.39 is 47.4 Å². The van der Waals surface area contributed by atoms with Crippen molar-refractivity contribution in [3.63, 3.8) is 0 Å². The molecule has 220 valence electrons. The Hall–Kier alpha value is -2.86. The van der Waals surface area contributed by atoms with Gasteiger partial charge in [-0.2, -0.15) is 26.3 Å². The van der Waals surface area contributed by atoms with Gasteiger partial charge < -0.3 is 20.2 Å². The van der Waals surface area contributed by atoms with Gasteiger partial charge in [0.15, 0.2) is 0 Å². The predicted octanol–water partition coefficient (Wildman–Crippen LogP) is 6.60. The number of nitrogens with one attached hydrogen (secondary N) is 1. The maximum Gasteiger partial charge on any atom is 0.416 e. The molecule has 40 heavy (non-hydrogen) atoms. The molecule has 0 bridgehead atoms. The number of aliphatic hydroxyl groups excluding tert-OH is 1. The van der Waals surface area contributed by atoms with E-state index in [0.717, 1.165) is 17.7 Å². The number of aliphatic hydroxyl groups is 1. The number of urea groups is 1. The first-order chi connectivity index (χ1) is 18.5. The number of alkyl halides is 6. The van der Waals surface area contributed by atoms with Crippen molar-refractivity contribution in [1.82, 2.24) is 15.1 Å². The maximum atomic E-state index is 13.9. The summed E-state index contributed by atoms with van der Waals surface area (Å²) < 4.78 is 94.6. The fraction of sp³-hybridized carbons (Fsp3) is 0.536. The van der Waals surface area contributed by atoms with Crippen LogP contribution in [0.2, 0.25) is 0 Å². The van der Waals surface area contributed by atoms with E-state index in [9.17, 15) is 40.6 Å². The molecular formula is C28H32F7N3O2. The third-order valence-electron chi connectivity index (χ3n) is 8.31. The SMILES string of the molecule is Cc1cc(F)ccc1[C@H]1C[C@]2(CC[C@H](CO)N2)CCN1C(=O)N(C)C(C)c1cc(C(F)(F)F)cc(C(F)(F)F)c1. The predicted molar refractivity (Wildman–Crippen MR) is 134 cm³/mol. The first-order valence-corrected chi connectivity index (χ1v) is 13.0. The Balaban J connectivity index is 1.67. The monoisotopic (exact) mass is 575 g/mol. The number of benzene rings is 2. The molecule has 5 nitrogen and oxygen atoms in total. The van der Waals surface area contributed by atoms with Crippen molar-refractivity contribution in [3.05, 3.63) is 70.0 Å². The molecule has 2 amide bonds. The number of halogens is 7. The van der Waals surface area contributed by atoms with Crippen molar-refractivity contribution in [2.24, 2.45) is 0 Å². The van der Waals surface area contributed by atoms with E-state index in [1.54, 1.807) is 17.9 Å². The van der Waals surface area contributed by atoms with Crippen LogP contribution >= 0.6 is 0 Å². The number of amides is 2. The number of aryl methyl sites for hydroxylation is 1. The molecular weight excluding hydrogens is 543 g/mol. The van der Waals surface area contributed by atoms with Gasteiger partial charge in [-0.05, 0) is 86.6 Å². The molecule has 2 aromatic carbocycles. The number of hydrogen-bond donors (Lipinski definition) is 2. The van der Waals surface area contributed by atoms with E-state index in [1.807, 2.05) is 0 Å². The van der Waals surface area contributed by atoms with Crippen LogP contribution in [0.5, 0.6) is 0 Å². The molecule has 0 saturated carbocycles. The lowest BCUT2D eigenvalue weighted by molar-refractivity contribution is -0.143. The minimum atomic E-state index is -5.01. The summed E-state index contributed by atoms with van der Waals surface area (Å²) in [7, 11) is 1.34. The van der Waals surface area contributed by atoms with Crippen LogP contribution in [-0.2, 0) is 12.4 Å². The lowest BCUT2D eigenvalue weighted by Gasteiger charge is -2.47. The molecule has 0 radical (unpaired) electrons. The fourth-order valence-electron chi connectivity index (χ4n) is 5.93. The van der Waals surface area contributed by atoms with E-state index in [0.29, 0.717) is 36.1 Å². The van der Waals surface area contributed by atoms with Gasteiger partial charge in [-0.3, -0.25) is 0 Å². The highest BCUT2D eigenvalue weighted by atomic mass is 19.4. The van der Waals surface area contributed by atoms with Crippen molar-refractivity contribution in [3.8, 4) is 0 Å². The van der Waals surface area contributed by atoms with E-state index in [1.165, 1.54) is 26.1 Å². The Bertz CT molecular complexity index is 1220. The smallest absolute Gasteiger partial charge is 0.395 e. The third-order valence-corrected chi connectivity index (χ3v) is 8.31. The second-order valence-corrected chi connectivity index (χ2v) is 10.9. The Kier molecular flexibility index (Phi) is 8.16. The number of carbonyl (C=O) groups excluding carboxylic acids is 1. The topological polar surface area (TPSA) is 55.8 Å². The van der Waals surface area contributed by atoms with Crippen LogP contribution in [0.4, 0.5) is 35.5 Å². The zero-order chi connectivity index (χ0) is 29.6. The van der Waals surface area contributed by atoms with Crippen LogP contribution in [0, 0.1) is 12.7 Å². The van der Waals surface area contributed by atoms with Gasteiger partial charge in [-0.15, -0.1) is 0 Å². The molecule has 1 unspecified atom stereocenters. The molecule has 2 heterocycles. The Morgan fingerprint density at radius 1 is 1.10 bits per heavy atom. The van der Waals surface area contributed by atoms with Crippen molar-refractivity contribution in [2.75, 3.05) is 20.2 Å². The van der Waals surface area contributed by atoms with Crippen LogP contribution < -0.4 is 5.32 Å². The first kappa shape index (κ1) is 30.1. The van der Waals surface area contributed by atoms with E-state index in [2.05, 4.69) is 5.32 Å². The van der Waals surface area contributed by atoms with Gasteiger partial charge >= 0.3 is 18.4 Å². The second-order valence-electron chi connectivity index (χ2n) is 10.9. The zero-order valence-electron chi connectivity index (χ0n) is 22.3. The standard InChI is InChI=1S/C28H32F7N3O2/c1-16-10-21(29)4-5-23(16)24-14-26(7-6-22(15-39)36-26)8-9-38(24)25(40)37(3)17(2)18-11-19(27(30,31)32)13-20(12-18)28(33,34)35/h4-5,10-13,17,22,24,36,39H,6-9,14-15H2,1-3H3/t17?,22-,24-,26+/m1/s1. The quantitative estimate of drug-likeness (QED) is 0.404. The number of carbonyl (C=O) groups is 1. The molecule has 4 rings (SSSR count). The Morgan fingerprint density at radius 2 is 1.73 bits per heavy atom. The summed E-state index contributed by atoms with van der Waals surface area (Å²) >= 11 is 0. The fourth-order valence-corrected chi connectivity index (χ4v) is 5.93. The minimum Gasteiger partial charge on any atom is -0.395 e. The highest BCUT2D eigenvalue weighted by Gasteiger charge is 2.47. The second kappa shape index (κ2) is 10.8. The van der Waals surface area contributed by atoms with E-state index in [-0.39, 0.29) is 36.4 Å². The number of nitrogens with zero attached hydrogens (tertiary/aromatic N) is 2. The minimum absolute atomic E-state index is 0.0399. The van der Waals surface area contributed by atoms with E-state index in [4.69, 9.17) is 0 Å². The van der Waals surface area contributed by atoms with Gasteiger partial charge in [0.2, 0.25) is 0 Å². The molecule has 2 aromatic rings. The molecule has 2 aliphatic heterocycles. The Labute approximate surface area is 227 Å². The van der Waals surface area contributed by atoms with Gasteiger partial charge in [0, 0.05) is 25.2 Å². The summed E-state index contributed by atoms with van der Waals surface area (Å²) in [6.07, 6.45) is -7.53. The average Bonchev–Trinajstić information content (AvgIpc) is 3.28. The van der Waals surface area contributed by atoms with E-state index >= 15 is 0 Å². The zero-order valence-corrected chi connectivity index (χ0v) is 22.3. The van der Waals surface area contributed by atoms with Gasteiger partial charge in [-0.1, -0.05) is 6.07 Å². The van der Waals surface area contributed by atoms with Gasteiger partial charge in [0.05, 0.1) is 29.8 Å². The molecule has 4 atom stereocenters. The van der Waals surface area contributed by atoms with Crippen LogP contribution in [0.25, 0.3) is 0 Å². The summed E-state index contributed by atoms with van der Waals surface area (Å²) in [4.78, 5) is 16.5. The maximum absolute atomic E-state index is 13.9. The molecule has 12 heteroatoms. The molecule has 2 fully saturated rings. The average molecular weight is 576 g/mol. The Morgan fingerprint density at radius 3 is 2.25 bits per heavy atom. The van der Waals surface area contributed by atoms with Gasteiger partial charge in [-0.25, -0.2) is 9.18 Å². The molecule has 0 aromatic heterocycles. The van der Waals surface area contributed by atoms with Crippen molar-refractivity contribution in [1.29, 1.82) is 0 Å². The van der Waals surface area contributed by atoms with Crippen LogP contribution in [0.15, 0.2) is 36.4 Å². The number of piperidine rings is 1. The first-order valence-electron chi connectivity index (χ1n) is 13.0.